The molecule has 0 unspecified atom stereocenters. The van der Waals surface area contributed by atoms with E-state index in [0.29, 0.717) is 31.7 Å². The molecule has 0 bridgehead atoms. The molecule has 1 aliphatic rings. The third kappa shape index (κ3) is 4.27. The van der Waals surface area contributed by atoms with Crippen LogP contribution in [0, 0.1) is 0 Å². The van der Waals surface area contributed by atoms with Gasteiger partial charge in [-0.3, -0.25) is 4.98 Å². The Bertz CT molecular complexity index is 1190. The first kappa shape index (κ1) is 20.2. The maximum Gasteiger partial charge on any atom is 0.335 e. The van der Waals surface area contributed by atoms with Gasteiger partial charge in [-0.05, 0) is 37.1 Å². The number of nitrogens with one attached hydrogen (secondary N) is 1. The lowest BCUT2D eigenvalue weighted by Gasteiger charge is -2.30. The number of fused-ring (bicyclic) bond motifs is 1. The molecule has 8 nitrogen and oxygen atoms in total. The van der Waals surface area contributed by atoms with Gasteiger partial charge in [0.05, 0.1) is 17.5 Å². The summed E-state index contributed by atoms with van der Waals surface area (Å²) < 4.78 is 24.9. The number of sulfonamides is 1. The summed E-state index contributed by atoms with van der Waals surface area (Å²) in [6, 6.07) is 10.6. The molecule has 9 heteroatoms. The second-order valence-electron chi connectivity index (χ2n) is 7.41. The number of pyridine rings is 2. The zero-order chi connectivity index (χ0) is 21.3. The van der Waals surface area contributed by atoms with E-state index in [2.05, 4.69) is 15.3 Å². The van der Waals surface area contributed by atoms with Crippen LogP contribution in [0.3, 0.4) is 0 Å². The Balaban J connectivity index is 1.58. The van der Waals surface area contributed by atoms with Gasteiger partial charge >= 0.3 is 5.97 Å². The molecule has 1 aromatic carbocycles. The van der Waals surface area contributed by atoms with Gasteiger partial charge in [-0.15, -0.1) is 0 Å². The van der Waals surface area contributed by atoms with Gasteiger partial charge in [0.1, 0.15) is 5.82 Å². The van der Waals surface area contributed by atoms with Crippen molar-refractivity contribution >= 4 is 32.6 Å². The number of hydrogen-bond donors (Lipinski definition) is 2. The minimum absolute atomic E-state index is 0.142. The molecule has 0 amide bonds. The number of nitrogens with zero attached hydrogens (tertiary/aromatic N) is 3. The number of aromatic carboxylic acids is 1. The van der Waals surface area contributed by atoms with Crippen molar-refractivity contribution in [2.45, 2.75) is 18.9 Å². The zero-order valence-corrected chi connectivity index (χ0v) is 17.3. The number of aromatic nitrogens is 2. The predicted molar refractivity (Wildman–Crippen MR) is 115 cm³/mol. The molecule has 1 saturated heterocycles. The van der Waals surface area contributed by atoms with Crippen molar-refractivity contribution in [2.75, 3.05) is 24.7 Å². The molecule has 0 saturated carbocycles. The van der Waals surface area contributed by atoms with Crippen LogP contribution in [-0.4, -0.2) is 59.2 Å². The highest BCUT2D eigenvalue weighted by Gasteiger charge is 2.25. The molecule has 156 valence electrons. The topological polar surface area (TPSA) is 112 Å². The Hall–Kier alpha value is -3.04. The minimum atomic E-state index is -3.15. The highest BCUT2D eigenvalue weighted by molar-refractivity contribution is 7.88. The van der Waals surface area contributed by atoms with Crippen LogP contribution in [0.25, 0.3) is 22.0 Å². The molecule has 1 aliphatic heterocycles. The fraction of sp³-hybridized carbons (Fsp3) is 0.286. The molecule has 2 N–H and O–H groups in total. The monoisotopic (exact) mass is 426 g/mol. The van der Waals surface area contributed by atoms with E-state index < -0.39 is 16.0 Å². The number of carboxylic acids is 1. The van der Waals surface area contributed by atoms with E-state index in [0.717, 1.165) is 22.0 Å². The summed E-state index contributed by atoms with van der Waals surface area (Å²) in [5.74, 6) is -0.262. The summed E-state index contributed by atoms with van der Waals surface area (Å²) in [6.07, 6.45) is 6.15. The second-order valence-corrected chi connectivity index (χ2v) is 9.40. The number of anilines is 1. The third-order valence-electron chi connectivity index (χ3n) is 5.33. The summed E-state index contributed by atoms with van der Waals surface area (Å²) in [4.78, 5) is 20.1. The lowest BCUT2D eigenvalue weighted by Crippen LogP contribution is -2.41. The van der Waals surface area contributed by atoms with Crippen molar-refractivity contribution in [2.24, 2.45) is 0 Å². The number of carboxylic acid groups (broad SMARTS) is 1. The first-order valence-corrected chi connectivity index (χ1v) is 11.5. The molecular weight excluding hydrogens is 404 g/mol. The van der Waals surface area contributed by atoms with Crippen molar-refractivity contribution in [3.05, 3.63) is 54.4 Å². The van der Waals surface area contributed by atoms with E-state index >= 15 is 0 Å². The summed E-state index contributed by atoms with van der Waals surface area (Å²) >= 11 is 0. The number of carbonyl (C=O) groups is 1. The quantitative estimate of drug-likeness (QED) is 0.645. The summed E-state index contributed by atoms with van der Waals surface area (Å²) in [6.45, 7) is 0.986. The van der Waals surface area contributed by atoms with Crippen LogP contribution < -0.4 is 5.32 Å². The van der Waals surface area contributed by atoms with Gasteiger partial charge in [0.15, 0.2) is 0 Å². The maximum atomic E-state index is 11.7. The molecule has 0 radical (unpaired) electrons. The van der Waals surface area contributed by atoms with Crippen molar-refractivity contribution in [3.8, 4) is 11.3 Å². The van der Waals surface area contributed by atoms with Crippen LogP contribution in [0.4, 0.5) is 5.82 Å². The first-order chi connectivity index (χ1) is 14.3. The lowest BCUT2D eigenvalue weighted by molar-refractivity contribution is 0.0697. The number of rotatable bonds is 5. The van der Waals surface area contributed by atoms with Crippen molar-refractivity contribution in [1.29, 1.82) is 0 Å². The maximum absolute atomic E-state index is 11.7. The summed E-state index contributed by atoms with van der Waals surface area (Å²) in [5.41, 5.74) is 1.80. The lowest BCUT2D eigenvalue weighted by atomic mass is 10.0. The molecule has 0 atom stereocenters. The van der Waals surface area contributed by atoms with Gasteiger partial charge < -0.3 is 10.4 Å². The average molecular weight is 426 g/mol. The molecule has 0 spiro atoms. The largest absolute Gasteiger partial charge is 0.478 e. The van der Waals surface area contributed by atoms with Gasteiger partial charge in [-0.25, -0.2) is 22.5 Å². The van der Waals surface area contributed by atoms with Crippen molar-refractivity contribution < 1.29 is 18.3 Å². The van der Waals surface area contributed by atoms with Crippen LogP contribution >= 0.6 is 0 Å². The average Bonchev–Trinajstić information content (AvgIpc) is 2.73. The van der Waals surface area contributed by atoms with Crippen LogP contribution in [-0.2, 0) is 10.0 Å². The molecular formula is C21H22N4O4S. The fourth-order valence-electron chi connectivity index (χ4n) is 3.69. The Morgan fingerprint density at radius 1 is 1.13 bits per heavy atom. The van der Waals surface area contributed by atoms with Crippen LogP contribution in [0.2, 0.25) is 0 Å². The van der Waals surface area contributed by atoms with E-state index in [1.54, 1.807) is 36.7 Å². The number of benzene rings is 1. The van der Waals surface area contributed by atoms with E-state index in [4.69, 9.17) is 5.11 Å². The first-order valence-electron chi connectivity index (χ1n) is 9.61. The Morgan fingerprint density at radius 3 is 2.47 bits per heavy atom. The van der Waals surface area contributed by atoms with Crippen molar-refractivity contribution in [1.82, 2.24) is 14.3 Å². The SMILES string of the molecule is CS(=O)(=O)N1CCC(Nc2cc3c(-c4ccc(C(=O)O)cc4)nccc3cn2)CC1. The normalized spacial score (nSPS) is 15.9. The predicted octanol–water partition coefficient (Wildman–Crippen LogP) is 2.83. The minimum Gasteiger partial charge on any atom is -0.478 e. The van der Waals surface area contributed by atoms with E-state index in [1.807, 2.05) is 12.1 Å². The van der Waals surface area contributed by atoms with Gasteiger partial charge in [-0.2, -0.15) is 0 Å². The smallest absolute Gasteiger partial charge is 0.335 e. The number of hydrogen-bond acceptors (Lipinski definition) is 6. The van der Waals surface area contributed by atoms with Gasteiger partial charge in [0, 0.05) is 47.9 Å². The third-order valence-corrected chi connectivity index (χ3v) is 6.63. The molecule has 4 rings (SSSR count). The van der Waals surface area contributed by atoms with Crippen molar-refractivity contribution in [3.63, 3.8) is 0 Å². The van der Waals surface area contributed by atoms with E-state index in [9.17, 15) is 13.2 Å². The molecule has 30 heavy (non-hydrogen) atoms. The Morgan fingerprint density at radius 2 is 1.83 bits per heavy atom. The van der Waals surface area contributed by atoms with Crippen LogP contribution in [0.1, 0.15) is 23.2 Å². The summed E-state index contributed by atoms with van der Waals surface area (Å²) in [5, 5.41) is 14.4. The molecule has 2 aromatic heterocycles. The van der Waals surface area contributed by atoms with Gasteiger partial charge in [0.25, 0.3) is 0 Å². The highest BCUT2D eigenvalue weighted by atomic mass is 32.2. The molecule has 1 fully saturated rings. The van der Waals surface area contributed by atoms with Crippen LogP contribution in [0.15, 0.2) is 48.8 Å². The molecule has 3 heterocycles. The van der Waals surface area contributed by atoms with Crippen LogP contribution in [0.5, 0.6) is 0 Å². The van der Waals surface area contributed by atoms with E-state index in [-0.39, 0.29) is 11.6 Å². The Kier molecular flexibility index (Phi) is 5.40. The molecule has 3 aromatic rings. The standard InChI is InChI=1S/C21H22N4O4S/c1-30(28,29)25-10-7-17(8-11-25)24-19-12-18-16(13-23-19)6-9-22-20(18)14-2-4-15(5-3-14)21(26)27/h2-6,9,12-13,17H,7-8,10-11H2,1H3,(H,23,24)(H,26,27). The highest BCUT2D eigenvalue weighted by Crippen LogP contribution is 2.28. The number of piperidine rings is 1. The summed E-state index contributed by atoms with van der Waals surface area (Å²) in [7, 11) is -3.15. The second kappa shape index (κ2) is 8.00. The van der Waals surface area contributed by atoms with Gasteiger partial charge in [-0.1, -0.05) is 12.1 Å². The van der Waals surface area contributed by atoms with Gasteiger partial charge in [0.2, 0.25) is 10.0 Å². The fourth-order valence-corrected chi connectivity index (χ4v) is 4.56. The zero-order valence-electron chi connectivity index (χ0n) is 16.4. The molecule has 0 aliphatic carbocycles. The van der Waals surface area contributed by atoms with E-state index in [1.165, 1.54) is 10.6 Å². The Labute approximate surface area is 174 Å².